The monoisotopic (exact) mass is 444 g/mol. The van der Waals surface area contributed by atoms with E-state index in [1.54, 1.807) is 32.4 Å². The van der Waals surface area contributed by atoms with Gasteiger partial charge in [-0.3, -0.25) is 14.4 Å². The Hall–Kier alpha value is -2.58. The summed E-state index contributed by atoms with van der Waals surface area (Å²) in [5.74, 6) is 1.07. The second kappa shape index (κ2) is 11.9. The molecule has 32 heavy (non-hydrogen) atoms. The van der Waals surface area contributed by atoms with E-state index >= 15 is 0 Å². The molecule has 1 aromatic carbocycles. The van der Waals surface area contributed by atoms with Crippen LogP contribution >= 0.6 is 0 Å². The fraction of sp³-hybridized carbons (Fsp3) is 0.583. The van der Waals surface area contributed by atoms with E-state index in [0.717, 1.165) is 45.4 Å². The van der Waals surface area contributed by atoms with Crippen molar-refractivity contribution in [3.8, 4) is 11.5 Å². The van der Waals surface area contributed by atoms with Crippen molar-refractivity contribution >= 4 is 5.91 Å². The molecule has 8 heteroatoms. The number of rotatable bonds is 11. The fourth-order valence-corrected chi connectivity index (χ4v) is 3.96. The van der Waals surface area contributed by atoms with Gasteiger partial charge in [-0.2, -0.15) is 5.10 Å². The normalized spacial score (nSPS) is 15.0. The molecule has 0 atom stereocenters. The molecule has 2 heterocycles. The van der Waals surface area contributed by atoms with E-state index in [-0.39, 0.29) is 12.0 Å². The molecule has 1 aromatic heterocycles. The van der Waals surface area contributed by atoms with Crippen molar-refractivity contribution in [1.29, 1.82) is 0 Å². The number of hydrogen-bond acceptors (Lipinski definition) is 6. The minimum Gasteiger partial charge on any atom is -0.497 e. The molecule has 2 aromatic rings. The van der Waals surface area contributed by atoms with Crippen LogP contribution in [0.15, 0.2) is 24.4 Å². The first-order valence-corrected chi connectivity index (χ1v) is 11.4. The average Bonchev–Trinajstić information content (AvgIpc) is 3.14. The zero-order valence-electron chi connectivity index (χ0n) is 19.7. The molecule has 1 aliphatic heterocycles. The molecule has 0 aliphatic carbocycles. The summed E-state index contributed by atoms with van der Waals surface area (Å²) in [5.41, 5.74) is 3.06. The van der Waals surface area contributed by atoms with Crippen LogP contribution in [0.1, 0.15) is 47.8 Å². The van der Waals surface area contributed by atoms with Crippen LogP contribution in [0, 0.1) is 6.92 Å². The van der Waals surface area contributed by atoms with Gasteiger partial charge in [-0.05, 0) is 38.3 Å². The minimum absolute atomic E-state index is 0.0628. The first kappa shape index (κ1) is 24.1. The largest absolute Gasteiger partial charge is 0.497 e. The summed E-state index contributed by atoms with van der Waals surface area (Å²) in [5, 5.41) is 7.38. The second-order valence-corrected chi connectivity index (χ2v) is 8.18. The van der Waals surface area contributed by atoms with Gasteiger partial charge in [-0.15, -0.1) is 0 Å². The highest BCUT2D eigenvalue weighted by atomic mass is 16.5. The van der Waals surface area contributed by atoms with Crippen LogP contribution in [0.25, 0.3) is 0 Å². The molecule has 1 amide bonds. The zero-order chi connectivity index (χ0) is 22.9. The number of methoxy groups -OCH3 is 2. The molecule has 1 fully saturated rings. The van der Waals surface area contributed by atoms with Gasteiger partial charge in [0.05, 0.1) is 25.5 Å². The predicted octanol–water partition coefficient (Wildman–Crippen LogP) is 3.03. The number of carbonyl (C=O) groups excluding carboxylic acids is 1. The van der Waals surface area contributed by atoms with Crippen LogP contribution in [-0.4, -0.2) is 67.2 Å². The predicted molar refractivity (Wildman–Crippen MR) is 123 cm³/mol. The maximum atomic E-state index is 12.6. The van der Waals surface area contributed by atoms with E-state index in [1.165, 1.54) is 11.3 Å². The number of hydrogen-bond donors (Lipinski definition) is 1. The number of nitrogens with zero attached hydrogens (tertiary/aromatic N) is 3. The van der Waals surface area contributed by atoms with Crippen molar-refractivity contribution in [3.05, 3.63) is 41.2 Å². The van der Waals surface area contributed by atoms with Gasteiger partial charge in [0.25, 0.3) is 5.91 Å². The van der Waals surface area contributed by atoms with Crippen LogP contribution in [0.2, 0.25) is 0 Å². The summed E-state index contributed by atoms with van der Waals surface area (Å²) in [4.78, 5) is 15.1. The van der Waals surface area contributed by atoms with E-state index in [1.807, 2.05) is 6.20 Å². The van der Waals surface area contributed by atoms with Gasteiger partial charge in [0.1, 0.15) is 17.6 Å². The van der Waals surface area contributed by atoms with Gasteiger partial charge >= 0.3 is 0 Å². The molecular formula is C24H36N4O4. The summed E-state index contributed by atoms with van der Waals surface area (Å²) in [7, 11) is 3.22. The average molecular weight is 445 g/mol. The number of piperidine rings is 1. The van der Waals surface area contributed by atoms with E-state index in [9.17, 15) is 4.79 Å². The lowest BCUT2D eigenvalue weighted by Gasteiger charge is -2.32. The van der Waals surface area contributed by atoms with Gasteiger partial charge in [0.2, 0.25) is 0 Å². The van der Waals surface area contributed by atoms with Crippen molar-refractivity contribution in [1.82, 2.24) is 20.0 Å². The van der Waals surface area contributed by atoms with Gasteiger partial charge in [0.15, 0.2) is 0 Å². The van der Waals surface area contributed by atoms with Crippen molar-refractivity contribution in [2.45, 2.75) is 52.3 Å². The lowest BCUT2D eigenvalue weighted by Crippen LogP contribution is -2.38. The van der Waals surface area contributed by atoms with Crippen molar-refractivity contribution in [2.75, 3.05) is 40.5 Å². The van der Waals surface area contributed by atoms with Crippen molar-refractivity contribution in [3.63, 3.8) is 0 Å². The Balaban J connectivity index is 1.58. The highest BCUT2D eigenvalue weighted by molar-refractivity contribution is 5.97. The summed E-state index contributed by atoms with van der Waals surface area (Å²) in [6.45, 7) is 9.00. The Labute approximate surface area is 190 Å². The Morgan fingerprint density at radius 3 is 2.72 bits per heavy atom. The maximum Gasteiger partial charge on any atom is 0.255 e. The molecule has 1 N–H and O–H groups in total. The number of aromatic nitrogens is 2. The number of likely N-dealkylation sites (tertiary alicyclic amines) is 1. The number of benzene rings is 1. The Morgan fingerprint density at radius 2 is 2.03 bits per heavy atom. The molecule has 0 bridgehead atoms. The van der Waals surface area contributed by atoms with Crippen LogP contribution in [0.5, 0.6) is 11.5 Å². The van der Waals surface area contributed by atoms with Crippen LogP contribution in [0.3, 0.4) is 0 Å². The maximum absolute atomic E-state index is 12.6. The van der Waals surface area contributed by atoms with Gasteiger partial charge < -0.3 is 19.5 Å². The Kier molecular flexibility index (Phi) is 8.93. The molecule has 176 valence electrons. The summed E-state index contributed by atoms with van der Waals surface area (Å²) < 4.78 is 18.7. The molecule has 0 saturated carbocycles. The van der Waals surface area contributed by atoms with Crippen molar-refractivity contribution < 1.29 is 19.0 Å². The third-order valence-corrected chi connectivity index (χ3v) is 5.89. The van der Waals surface area contributed by atoms with E-state index in [2.05, 4.69) is 33.8 Å². The molecule has 8 nitrogen and oxygen atoms in total. The topological polar surface area (TPSA) is 77.9 Å². The molecule has 0 spiro atoms. The summed E-state index contributed by atoms with van der Waals surface area (Å²) in [6.07, 6.45) is 4.96. The zero-order valence-corrected chi connectivity index (χ0v) is 19.7. The quantitative estimate of drug-likeness (QED) is 0.537. The summed E-state index contributed by atoms with van der Waals surface area (Å²) in [6, 6.07) is 5.33. The number of amides is 1. The number of carbonyl (C=O) groups is 1. The van der Waals surface area contributed by atoms with Crippen LogP contribution in [0.4, 0.5) is 0 Å². The number of ether oxygens (including phenoxy) is 3. The third-order valence-electron chi connectivity index (χ3n) is 5.89. The SMILES string of the molecule is CCCn1ncc(CN2CCC(Oc3cc(OC)ccc3C(=O)NCCOC)CC2)c1C. The minimum atomic E-state index is -0.170. The van der Waals surface area contributed by atoms with Gasteiger partial charge in [-0.25, -0.2) is 0 Å². The fourth-order valence-electron chi connectivity index (χ4n) is 3.96. The molecule has 0 unspecified atom stereocenters. The number of nitrogens with one attached hydrogen (secondary N) is 1. The van der Waals surface area contributed by atoms with Gasteiger partial charge in [-0.1, -0.05) is 6.92 Å². The van der Waals surface area contributed by atoms with E-state index < -0.39 is 0 Å². The Morgan fingerprint density at radius 1 is 1.25 bits per heavy atom. The first-order valence-electron chi connectivity index (χ1n) is 11.4. The molecule has 3 rings (SSSR count). The highest BCUT2D eigenvalue weighted by Gasteiger charge is 2.24. The standard InChI is InChI=1S/C24H36N4O4/c1-5-11-28-18(2)19(16-26-28)17-27-12-8-20(9-13-27)32-23-15-21(31-4)6-7-22(23)24(29)25-10-14-30-3/h6-7,15-16,20H,5,8-14,17H2,1-4H3,(H,25,29). The second-order valence-electron chi connectivity index (χ2n) is 8.18. The van der Waals surface area contributed by atoms with Crippen LogP contribution < -0.4 is 14.8 Å². The number of aryl methyl sites for hydroxylation is 1. The van der Waals surface area contributed by atoms with Crippen molar-refractivity contribution in [2.24, 2.45) is 0 Å². The van der Waals surface area contributed by atoms with Gasteiger partial charge in [0, 0.05) is 57.2 Å². The third kappa shape index (κ3) is 6.23. The lowest BCUT2D eigenvalue weighted by atomic mass is 10.1. The molecule has 1 aliphatic rings. The molecule has 0 radical (unpaired) electrons. The van der Waals surface area contributed by atoms with E-state index in [0.29, 0.717) is 30.2 Å². The smallest absolute Gasteiger partial charge is 0.255 e. The lowest BCUT2D eigenvalue weighted by molar-refractivity contribution is 0.0881. The first-order chi connectivity index (χ1) is 15.5. The summed E-state index contributed by atoms with van der Waals surface area (Å²) >= 11 is 0. The molecular weight excluding hydrogens is 408 g/mol. The Bertz CT molecular complexity index is 875. The molecule has 1 saturated heterocycles. The highest BCUT2D eigenvalue weighted by Crippen LogP contribution is 2.28. The van der Waals surface area contributed by atoms with E-state index in [4.69, 9.17) is 14.2 Å². The van der Waals surface area contributed by atoms with Crippen LogP contribution in [-0.2, 0) is 17.8 Å².